The molecule has 4 aromatic carbocycles. The molecule has 0 radical (unpaired) electrons. The molecule has 0 spiro atoms. The van der Waals surface area contributed by atoms with Gasteiger partial charge in [-0.25, -0.2) is 0 Å². The maximum atomic E-state index is 4.23. The Morgan fingerprint density at radius 3 is 1.91 bits per heavy atom. The van der Waals surface area contributed by atoms with Crippen molar-refractivity contribution in [2.45, 2.75) is 6.92 Å². The number of hydrogen-bond acceptors (Lipinski definition) is 1. The number of aryl methyl sites for hydroxylation is 1. The highest BCUT2D eigenvalue weighted by atomic mass is 14.6. The molecule has 0 fully saturated rings. The summed E-state index contributed by atoms with van der Waals surface area (Å²) in [5.41, 5.74) is 1.30. The van der Waals surface area contributed by atoms with E-state index in [4.69, 9.17) is 0 Å². The minimum atomic E-state index is 1.19. The Hall–Kier alpha value is -2.93. The minimum absolute atomic E-state index is 1.19. The summed E-state index contributed by atoms with van der Waals surface area (Å²) in [5, 5.41) is 10.3. The maximum absolute atomic E-state index is 4.23. The molecule has 1 nitrogen and oxygen atoms in total. The largest absolute Gasteiger partial charge is 0.264 e. The van der Waals surface area contributed by atoms with E-state index >= 15 is 0 Å². The third kappa shape index (κ3) is 1.77. The van der Waals surface area contributed by atoms with Crippen LogP contribution in [0.4, 0.5) is 0 Å². The zero-order chi connectivity index (χ0) is 15.4. The highest BCUT2D eigenvalue weighted by Crippen LogP contribution is 2.34. The molecule has 0 aliphatic heterocycles. The maximum Gasteiger partial charge on any atom is 0.0346 e. The van der Waals surface area contributed by atoms with Crippen LogP contribution in [0.2, 0.25) is 0 Å². The number of nitrogens with zero attached hydrogens (tertiary/aromatic N) is 1. The van der Waals surface area contributed by atoms with Crippen LogP contribution in [0.1, 0.15) is 5.56 Å². The first-order valence-electron chi connectivity index (χ1n) is 7.90. The topological polar surface area (TPSA) is 12.9 Å². The van der Waals surface area contributed by atoms with Crippen LogP contribution in [0.15, 0.2) is 73.1 Å². The average Bonchev–Trinajstić information content (AvgIpc) is 2.60. The van der Waals surface area contributed by atoms with E-state index in [0.717, 1.165) is 0 Å². The van der Waals surface area contributed by atoms with E-state index in [9.17, 15) is 0 Å². The molecular formula is C22H15N. The molecule has 0 N–H and O–H groups in total. The lowest BCUT2D eigenvalue weighted by molar-refractivity contribution is 1.37. The van der Waals surface area contributed by atoms with Crippen LogP contribution in [0.5, 0.6) is 0 Å². The van der Waals surface area contributed by atoms with Gasteiger partial charge in [0.2, 0.25) is 0 Å². The first-order chi connectivity index (χ1) is 11.3. The molecule has 0 bridgehead atoms. The molecule has 0 unspecified atom stereocenters. The van der Waals surface area contributed by atoms with E-state index in [-0.39, 0.29) is 0 Å². The van der Waals surface area contributed by atoms with Crippen molar-refractivity contribution in [3.63, 3.8) is 0 Å². The third-order valence-corrected chi connectivity index (χ3v) is 4.79. The summed E-state index contributed by atoms with van der Waals surface area (Å²) in [6, 6.07) is 22.2. The first-order valence-corrected chi connectivity index (χ1v) is 7.90. The molecule has 1 heterocycles. The Morgan fingerprint density at radius 1 is 0.565 bits per heavy atom. The normalized spacial score (nSPS) is 11.7. The van der Waals surface area contributed by atoms with Gasteiger partial charge < -0.3 is 0 Å². The molecule has 5 rings (SSSR count). The van der Waals surface area contributed by atoms with Gasteiger partial charge in [0.1, 0.15) is 0 Å². The Balaban J connectivity index is 2.00. The Labute approximate surface area is 134 Å². The summed E-state index contributed by atoms with van der Waals surface area (Å²) in [5.74, 6) is 0. The van der Waals surface area contributed by atoms with Gasteiger partial charge in [-0.3, -0.25) is 4.98 Å². The van der Waals surface area contributed by atoms with Crippen molar-refractivity contribution >= 4 is 43.1 Å². The number of aromatic nitrogens is 1. The molecular weight excluding hydrogens is 278 g/mol. The first kappa shape index (κ1) is 12.6. The van der Waals surface area contributed by atoms with Crippen molar-refractivity contribution in [1.29, 1.82) is 0 Å². The zero-order valence-corrected chi connectivity index (χ0v) is 12.9. The molecule has 23 heavy (non-hydrogen) atoms. The fourth-order valence-electron chi connectivity index (χ4n) is 3.66. The van der Waals surface area contributed by atoms with E-state index < -0.39 is 0 Å². The molecule has 108 valence electrons. The molecule has 0 aliphatic carbocycles. The van der Waals surface area contributed by atoms with E-state index in [1.807, 2.05) is 12.4 Å². The van der Waals surface area contributed by atoms with Crippen molar-refractivity contribution in [2.24, 2.45) is 0 Å². The molecule has 0 amide bonds. The standard InChI is InChI=1S/C22H15N/c1-14-2-5-17-15(12-14)3-6-21-19(17)8-9-20-18-10-11-23-13-16(18)4-7-22(20)21/h2-13H,1H3. The highest BCUT2D eigenvalue weighted by Gasteiger charge is 2.07. The zero-order valence-electron chi connectivity index (χ0n) is 12.9. The molecule has 1 aromatic heterocycles. The van der Waals surface area contributed by atoms with E-state index in [2.05, 4.69) is 72.6 Å². The number of fused-ring (bicyclic) bond motifs is 7. The van der Waals surface area contributed by atoms with E-state index in [0.29, 0.717) is 0 Å². The van der Waals surface area contributed by atoms with Crippen LogP contribution in [0, 0.1) is 6.92 Å². The fourth-order valence-corrected chi connectivity index (χ4v) is 3.66. The van der Waals surface area contributed by atoms with Crippen LogP contribution in [-0.2, 0) is 0 Å². The molecule has 5 aromatic rings. The fraction of sp³-hybridized carbons (Fsp3) is 0.0455. The molecule has 1 heteroatoms. The minimum Gasteiger partial charge on any atom is -0.264 e. The highest BCUT2D eigenvalue weighted by molar-refractivity contribution is 6.21. The summed E-state index contributed by atoms with van der Waals surface area (Å²) in [7, 11) is 0. The molecule has 0 saturated heterocycles. The summed E-state index contributed by atoms with van der Waals surface area (Å²) in [4.78, 5) is 4.23. The number of hydrogen-bond donors (Lipinski definition) is 0. The summed E-state index contributed by atoms with van der Waals surface area (Å²) in [6.45, 7) is 2.14. The van der Waals surface area contributed by atoms with Crippen LogP contribution in [0.25, 0.3) is 43.1 Å². The van der Waals surface area contributed by atoms with Gasteiger partial charge in [-0.05, 0) is 50.7 Å². The second kappa shape index (κ2) is 4.53. The quantitative estimate of drug-likeness (QED) is 0.319. The smallest absolute Gasteiger partial charge is 0.0346 e. The summed E-state index contributed by atoms with van der Waals surface area (Å²) in [6.07, 6.45) is 3.80. The molecule has 0 saturated carbocycles. The number of benzene rings is 4. The second-order valence-electron chi connectivity index (χ2n) is 6.21. The Morgan fingerprint density at radius 2 is 1.13 bits per heavy atom. The second-order valence-corrected chi connectivity index (χ2v) is 6.21. The Kier molecular flexibility index (Phi) is 2.48. The van der Waals surface area contributed by atoms with Crippen molar-refractivity contribution in [3.05, 3.63) is 78.6 Å². The van der Waals surface area contributed by atoms with Gasteiger partial charge in [-0.15, -0.1) is 0 Å². The average molecular weight is 293 g/mol. The summed E-state index contributed by atoms with van der Waals surface area (Å²) < 4.78 is 0. The lowest BCUT2D eigenvalue weighted by atomic mass is 9.94. The van der Waals surface area contributed by atoms with Crippen molar-refractivity contribution in [1.82, 2.24) is 4.98 Å². The van der Waals surface area contributed by atoms with Crippen LogP contribution in [0.3, 0.4) is 0 Å². The van der Waals surface area contributed by atoms with Gasteiger partial charge in [0.05, 0.1) is 0 Å². The van der Waals surface area contributed by atoms with Crippen LogP contribution < -0.4 is 0 Å². The van der Waals surface area contributed by atoms with Crippen molar-refractivity contribution in [3.8, 4) is 0 Å². The van der Waals surface area contributed by atoms with Gasteiger partial charge in [-0.1, -0.05) is 60.2 Å². The van der Waals surface area contributed by atoms with Crippen molar-refractivity contribution in [2.75, 3.05) is 0 Å². The SMILES string of the molecule is Cc1ccc2c(ccc3c2ccc2c4ccncc4ccc23)c1. The van der Waals surface area contributed by atoms with Gasteiger partial charge in [0.25, 0.3) is 0 Å². The van der Waals surface area contributed by atoms with Crippen LogP contribution >= 0.6 is 0 Å². The van der Waals surface area contributed by atoms with Crippen molar-refractivity contribution < 1.29 is 0 Å². The monoisotopic (exact) mass is 293 g/mol. The predicted octanol–water partition coefficient (Wildman–Crippen LogP) is 6.00. The van der Waals surface area contributed by atoms with Gasteiger partial charge in [0, 0.05) is 17.8 Å². The lowest BCUT2D eigenvalue weighted by Crippen LogP contribution is -1.83. The van der Waals surface area contributed by atoms with Crippen LogP contribution in [-0.4, -0.2) is 4.98 Å². The van der Waals surface area contributed by atoms with Gasteiger partial charge in [-0.2, -0.15) is 0 Å². The predicted molar refractivity (Wildman–Crippen MR) is 99.0 cm³/mol. The van der Waals surface area contributed by atoms with Gasteiger partial charge in [0.15, 0.2) is 0 Å². The Bertz CT molecular complexity index is 1220. The number of rotatable bonds is 0. The van der Waals surface area contributed by atoms with Gasteiger partial charge >= 0.3 is 0 Å². The molecule has 0 aliphatic rings. The number of pyridine rings is 1. The summed E-state index contributed by atoms with van der Waals surface area (Å²) >= 11 is 0. The van der Waals surface area contributed by atoms with E-state index in [1.165, 1.54) is 48.7 Å². The van der Waals surface area contributed by atoms with E-state index in [1.54, 1.807) is 0 Å². The third-order valence-electron chi connectivity index (χ3n) is 4.79. The molecule has 0 atom stereocenters. The lowest BCUT2D eigenvalue weighted by Gasteiger charge is -2.10.